The second-order valence-electron chi connectivity index (χ2n) is 4.10. The minimum Gasteiger partial charge on any atom is -0.312 e. The van der Waals surface area contributed by atoms with Crippen molar-refractivity contribution in [2.24, 2.45) is 11.8 Å². The van der Waals surface area contributed by atoms with Crippen LogP contribution in [0.1, 0.15) is 12.0 Å². The fraction of sp³-hybridized carbons (Fsp3) is 0.417. The normalized spacial score (nSPS) is 22.8. The molecule has 1 saturated carbocycles. The quantitative estimate of drug-likeness (QED) is 0.922. The minimum absolute atomic E-state index is 0.200. The summed E-state index contributed by atoms with van der Waals surface area (Å²) in [5, 5.41) is 11.8. The van der Waals surface area contributed by atoms with Gasteiger partial charge in [0.25, 0.3) is 0 Å². The molecule has 1 N–H and O–H groups in total. The Balaban J connectivity index is 1.80. The number of halogens is 2. The molecule has 0 bridgehead atoms. The van der Waals surface area contributed by atoms with E-state index < -0.39 is 0 Å². The second kappa shape index (κ2) is 4.94. The lowest BCUT2D eigenvalue weighted by Gasteiger charge is -2.05. The minimum atomic E-state index is -0.200. The molecule has 2 atom stereocenters. The van der Waals surface area contributed by atoms with Crippen molar-refractivity contribution in [1.29, 1.82) is 5.26 Å². The molecular formula is C12H12BrFN2. The van der Waals surface area contributed by atoms with Crippen LogP contribution in [0.5, 0.6) is 0 Å². The molecule has 1 fully saturated rings. The molecule has 0 aromatic heterocycles. The maximum Gasteiger partial charge on any atom is 0.128 e. The van der Waals surface area contributed by atoms with E-state index in [0.29, 0.717) is 18.0 Å². The van der Waals surface area contributed by atoms with Crippen LogP contribution in [0, 0.1) is 29.0 Å². The van der Waals surface area contributed by atoms with E-state index in [4.69, 9.17) is 5.26 Å². The van der Waals surface area contributed by atoms with Crippen molar-refractivity contribution in [3.05, 3.63) is 34.1 Å². The maximum absolute atomic E-state index is 13.4. The SMILES string of the molecule is N#CC1CC1CNCc1ccc(Br)cc1F. The van der Waals surface area contributed by atoms with Crippen LogP contribution in [0.4, 0.5) is 4.39 Å². The molecule has 1 aliphatic carbocycles. The third-order valence-electron chi connectivity index (χ3n) is 2.83. The average Bonchev–Trinajstić information content (AvgIpc) is 3.00. The van der Waals surface area contributed by atoms with Crippen LogP contribution in [-0.2, 0) is 6.54 Å². The Morgan fingerprint density at radius 3 is 3.00 bits per heavy atom. The van der Waals surface area contributed by atoms with E-state index in [2.05, 4.69) is 27.3 Å². The van der Waals surface area contributed by atoms with Gasteiger partial charge < -0.3 is 5.32 Å². The molecule has 2 nitrogen and oxygen atoms in total. The van der Waals surface area contributed by atoms with Crippen LogP contribution in [0.2, 0.25) is 0 Å². The molecule has 0 amide bonds. The summed E-state index contributed by atoms with van der Waals surface area (Å²) in [6.45, 7) is 1.32. The Morgan fingerprint density at radius 2 is 2.38 bits per heavy atom. The molecule has 0 aliphatic heterocycles. The Bertz CT molecular complexity index is 428. The number of nitriles is 1. The lowest BCUT2D eigenvalue weighted by Crippen LogP contribution is -2.17. The molecule has 84 valence electrons. The van der Waals surface area contributed by atoms with E-state index in [-0.39, 0.29) is 11.7 Å². The van der Waals surface area contributed by atoms with Crippen LogP contribution in [0.15, 0.2) is 22.7 Å². The summed E-state index contributed by atoms with van der Waals surface area (Å²) < 4.78 is 14.2. The first kappa shape index (κ1) is 11.6. The molecule has 1 aliphatic rings. The number of hydrogen-bond acceptors (Lipinski definition) is 2. The van der Waals surface area contributed by atoms with Gasteiger partial charge in [0.05, 0.1) is 12.0 Å². The van der Waals surface area contributed by atoms with Crippen molar-refractivity contribution in [3.8, 4) is 6.07 Å². The average molecular weight is 283 g/mol. The monoisotopic (exact) mass is 282 g/mol. The zero-order chi connectivity index (χ0) is 11.5. The molecule has 0 radical (unpaired) electrons. The molecule has 1 aromatic carbocycles. The van der Waals surface area contributed by atoms with Gasteiger partial charge in [0.1, 0.15) is 5.82 Å². The van der Waals surface area contributed by atoms with Crippen LogP contribution in [0.25, 0.3) is 0 Å². The van der Waals surface area contributed by atoms with Gasteiger partial charge in [0.15, 0.2) is 0 Å². The van der Waals surface area contributed by atoms with Gasteiger partial charge in [-0.2, -0.15) is 5.26 Å². The van der Waals surface area contributed by atoms with E-state index >= 15 is 0 Å². The molecule has 2 unspecified atom stereocenters. The lowest BCUT2D eigenvalue weighted by molar-refractivity contribution is 0.573. The Morgan fingerprint density at radius 1 is 1.56 bits per heavy atom. The van der Waals surface area contributed by atoms with Crippen LogP contribution in [-0.4, -0.2) is 6.54 Å². The van der Waals surface area contributed by atoms with Crippen molar-refractivity contribution >= 4 is 15.9 Å². The summed E-state index contributed by atoms with van der Waals surface area (Å²) in [5.74, 6) is 0.472. The van der Waals surface area contributed by atoms with Gasteiger partial charge in [-0.05, 0) is 31.0 Å². The molecule has 0 heterocycles. The number of benzene rings is 1. The summed E-state index contributed by atoms with van der Waals surface area (Å²) in [7, 11) is 0. The van der Waals surface area contributed by atoms with E-state index in [9.17, 15) is 4.39 Å². The van der Waals surface area contributed by atoms with E-state index in [1.165, 1.54) is 6.07 Å². The van der Waals surface area contributed by atoms with Crippen LogP contribution < -0.4 is 5.32 Å². The molecule has 2 rings (SSSR count). The molecule has 1 aromatic rings. The fourth-order valence-electron chi connectivity index (χ4n) is 1.69. The smallest absolute Gasteiger partial charge is 0.128 e. The van der Waals surface area contributed by atoms with Crippen molar-refractivity contribution < 1.29 is 4.39 Å². The van der Waals surface area contributed by atoms with Crippen LogP contribution in [0.3, 0.4) is 0 Å². The van der Waals surface area contributed by atoms with E-state index in [1.54, 1.807) is 6.07 Å². The lowest BCUT2D eigenvalue weighted by atomic mass is 10.2. The topological polar surface area (TPSA) is 35.8 Å². The van der Waals surface area contributed by atoms with Crippen molar-refractivity contribution in [2.45, 2.75) is 13.0 Å². The number of nitrogens with zero attached hydrogens (tertiary/aromatic N) is 1. The maximum atomic E-state index is 13.4. The molecule has 4 heteroatoms. The van der Waals surface area contributed by atoms with Gasteiger partial charge in [0.2, 0.25) is 0 Å². The fourth-order valence-corrected chi connectivity index (χ4v) is 2.02. The van der Waals surface area contributed by atoms with Gasteiger partial charge in [-0.3, -0.25) is 0 Å². The zero-order valence-electron chi connectivity index (χ0n) is 8.71. The molecule has 0 spiro atoms. The van der Waals surface area contributed by atoms with Crippen molar-refractivity contribution in [1.82, 2.24) is 5.32 Å². The Kier molecular flexibility index (Phi) is 3.57. The third kappa shape index (κ3) is 2.81. The van der Waals surface area contributed by atoms with E-state index in [0.717, 1.165) is 17.4 Å². The molecule has 16 heavy (non-hydrogen) atoms. The molecular weight excluding hydrogens is 271 g/mol. The summed E-state index contributed by atoms with van der Waals surface area (Å²) in [4.78, 5) is 0. The highest BCUT2D eigenvalue weighted by Crippen LogP contribution is 2.36. The van der Waals surface area contributed by atoms with Gasteiger partial charge in [-0.1, -0.05) is 22.0 Å². The molecule has 0 saturated heterocycles. The van der Waals surface area contributed by atoms with Gasteiger partial charge in [0, 0.05) is 16.6 Å². The van der Waals surface area contributed by atoms with Crippen molar-refractivity contribution in [3.63, 3.8) is 0 Å². The van der Waals surface area contributed by atoms with Crippen LogP contribution >= 0.6 is 15.9 Å². The zero-order valence-corrected chi connectivity index (χ0v) is 10.3. The Hall–Kier alpha value is -0.920. The largest absolute Gasteiger partial charge is 0.312 e. The third-order valence-corrected chi connectivity index (χ3v) is 3.32. The first-order valence-electron chi connectivity index (χ1n) is 5.25. The summed E-state index contributed by atoms with van der Waals surface area (Å²) in [6.07, 6.45) is 0.978. The highest BCUT2D eigenvalue weighted by atomic mass is 79.9. The predicted molar refractivity (Wildman–Crippen MR) is 63.0 cm³/mol. The standard InChI is InChI=1S/C12H12BrFN2/c13-11-2-1-8(12(14)4-11)6-16-7-10-3-9(10)5-15/h1-2,4,9-10,16H,3,6-7H2. The van der Waals surface area contributed by atoms with E-state index in [1.807, 2.05) is 6.07 Å². The first-order valence-corrected chi connectivity index (χ1v) is 6.04. The summed E-state index contributed by atoms with van der Waals surface area (Å²) in [6, 6.07) is 7.29. The number of nitrogens with one attached hydrogen (secondary N) is 1. The highest BCUT2D eigenvalue weighted by molar-refractivity contribution is 9.10. The summed E-state index contributed by atoms with van der Waals surface area (Å²) in [5.41, 5.74) is 0.664. The number of hydrogen-bond donors (Lipinski definition) is 1. The van der Waals surface area contributed by atoms with Gasteiger partial charge in [-0.25, -0.2) is 4.39 Å². The Labute approximate surface area is 103 Å². The summed E-state index contributed by atoms with van der Waals surface area (Å²) >= 11 is 3.22. The van der Waals surface area contributed by atoms with Gasteiger partial charge >= 0.3 is 0 Å². The second-order valence-corrected chi connectivity index (χ2v) is 5.01. The van der Waals surface area contributed by atoms with Gasteiger partial charge in [-0.15, -0.1) is 0 Å². The predicted octanol–water partition coefficient (Wildman–Crippen LogP) is 2.84. The van der Waals surface area contributed by atoms with Crippen molar-refractivity contribution in [2.75, 3.05) is 6.54 Å². The first-order chi connectivity index (χ1) is 7.70. The number of rotatable bonds is 4. The highest BCUT2D eigenvalue weighted by Gasteiger charge is 2.36.